The number of hydrogen-bond donors (Lipinski definition) is 0. The highest BCUT2D eigenvalue weighted by Crippen LogP contribution is 2.39. The zero-order chi connectivity index (χ0) is 22.9. The second-order valence-corrected chi connectivity index (χ2v) is 9.22. The van der Waals surface area contributed by atoms with Crippen LogP contribution in [0.2, 0.25) is 5.02 Å². The van der Waals surface area contributed by atoms with E-state index in [1.165, 1.54) is 0 Å². The zero-order valence-electron chi connectivity index (χ0n) is 18.4. The van der Waals surface area contributed by atoms with Crippen LogP contribution >= 0.6 is 11.6 Å². The maximum Gasteiger partial charge on any atom is 0.266 e. The van der Waals surface area contributed by atoms with E-state index in [0.717, 1.165) is 30.0 Å². The summed E-state index contributed by atoms with van der Waals surface area (Å²) in [5, 5.41) is 0.412. The van der Waals surface area contributed by atoms with Gasteiger partial charge in [-0.25, -0.2) is 13.8 Å². The quantitative estimate of drug-likeness (QED) is 0.556. The normalized spacial score (nSPS) is 21.1. The number of anilines is 2. The van der Waals surface area contributed by atoms with Crippen LogP contribution in [0.3, 0.4) is 0 Å². The average Bonchev–Trinajstić information content (AvgIpc) is 3.34. The second-order valence-electron chi connectivity index (χ2n) is 8.85. The molecule has 1 aromatic heterocycles. The first-order valence-corrected chi connectivity index (χ1v) is 11.4. The highest BCUT2D eigenvalue weighted by molar-refractivity contribution is 6.35. The highest BCUT2D eigenvalue weighted by Gasteiger charge is 2.40. The van der Waals surface area contributed by atoms with Crippen LogP contribution in [-0.4, -0.2) is 49.0 Å². The minimum Gasteiger partial charge on any atom is -0.489 e. The third-order valence-electron chi connectivity index (χ3n) is 6.15. The summed E-state index contributed by atoms with van der Waals surface area (Å²) >= 11 is 6.60. The van der Waals surface area contributed by atoms with E-state index in [1.807, 2.05) is 37.3 Å². The average molecular weight is 464 g/mol. The molecule has 3 heterocycles. The van der Waals surface area contributed by atoms with Crippen LogP contribution in [0.4, 0.5) is 20.3 Å². The Morgan fingerprint density at radius 3 is 2.66 bits per heavy atom. The number of rotatable bonds is 7. The van der Waals surface area contributed by atoms with Gasteiger partial charge in [0.2, 0.25) is 0 Å². The number of pyridine rings is 1. The SMILES string of the molecule is CC(=O)C[C@@H](C)c1ccc(O[C@@H]2CCN(c3ccnc(N4CCC(F)(F)C4)c3Cl)C2)cc1. The van der Waals surface area contributed by atoms with Crippen LogP contribution in [0.5, 0.6) is 5.75 Å². The van der Waals surface area contributed by atoms with E-state index in [0.29, 0.717) is 23.8 Å². The second kappa shape index (κ2) is 9.22. The predicted octanol–water partition coefficient (Wildman–Crippen LogP) is 5.32. The molecule has 0 amide bonds. The van der Waals surface area contributed by atoms with Crippen LogP contribution in [0.15, 0.2) is 36.5 Å². The number of hydrogen-bond acceptors (Lipinski definition) is 5. The molecule has 32 heavy (non-hydrogen) atoms. The van der Waals surface area contributed by atoms with Crippen molar-refractivity contribution >= 4 is 28.9 Å². The third-order valence-corrected chi connectivity index (χ3v) is 6.51. The molecular formula is C24H28ClF2N3O2. The third kappa shape index (κ3) is 5.14. The summed E-state index contributed by atoms with van der Waals surface area (Å²) in [6.45, 7) is 4.96. The molecule has 0 bridgehead atoms. The zero-order valence-corrected chi connectivity index (χ0v) is 19.1. The summed E-state index contributed by atoms with van der Waals surface area (Å²) in [6.07, 6.45) is 2.81. The van der Waals surface area contributed by atoms with Crippen molar-refractivity contribution in [2.45, 2.75) is 51.1 Å². The van der Waals surface area contributed by atoms with Crippen LogP contribution in [0.25, 0.3) is 0 Å². The number of halogens is 3. The smallest absolute Gasteiger partial charge is 0.266 e. The number of nitrogens with zero attached hydrogens (tertiary/aromatic N) is 3. The van der Waals surface area contributed by atoms with Crippen molar-refractivity contribution in [3.8, 4) is 5.75 Å². The van der Waals surface area contributed by atoms with E-state index in [4.69, 9.17) is 16.3 Å². The highest BCUT2D eigenvalue weighted by atomic mass is 35.5. The van der Waals surface area contributed by atoms with Crippen LogP contribution in [0, 0.1) is 0 Å². The van der Waals surface area contributed by atoms with Crippen molar-refractivity contribution < 1.29 is 18.3 Å². The van der Waals surface area contributed by atoms with Crippen LogP contribution in [-0.2, 0) is 4.79 Å². The molecule has 0 spiro atoms. The molecule has 0 N–H and O–H groups in total. The fourth-order valence-corrected chi connectivity index (χ4v) is 4.81. The maximum absolute atomic E-state index is 13.6. The van der Waals surface area contributed by atoms with Gasteiger partial charge in [0, 0.05) is 38.5 Å². The van der Waals surface area contributed by atoms with Crippen molar-refractivity contribution in [2.75, 3.05) is 36.0 Å². The molecule has 0 unspecified atom stereocenters. The Balaban J connectivity index is 1.39. The summed E-state index contributed by atoms with van der Waals surface area (Å²) in [6, 6.07) is 9.73. The van der Waals surface area contributed by atoms with Gasteiger partial charge in [-0.3, -0.25) is 0 Å². The van der Waals surface area contributed by atoms with Crippen molar-refractivity contribution in [2.24, 2.45) is 0 Å². The molecule has 2 atom stereocenters. The van der Waals surface area contributed by atoms with Crippen molar-refractivity contribution in [3.63, 3.8) is 0 Å². The Hall–Kier alpha value is -2.41. The molecule has 5 nitrogen and oxygen atoms in total. The number of ketones is 1. The van der Waals surface area contributed by atoms with Crippen LogP contribution < -0.4 is 14.5 Å². The molecule has 0 saturated carbocycles. The molecule has 0 radical (unpaired) electrons. The number of ether oxygens (including phenoxy) is 1. The first-order chi connectivity index (χ1) is 15.2. The molecule has 2 saturated heterocycles. The minimum absolute atomic E-state index is 0.000653. The first kappa shape index (κ1) is 22.8. The van der Waals surface area contributed by atoms with Gasteiger partial charge >= 0.3 is 0 Å². The van der Waals surface area contributed by atoms with Crippen molar-refractivity contribution in [1.29, 1.82) is 0 Å². The fourth-order valence-electron chi connectivity index (χ4n) is 4.46. The maximum atomic E-state index is 13.6. The molecule has 172 valence electrons. The van der Waals surface area contributed by atoms with E-state index in [2.05, 4.69) is 9.88 Å². The lowest BCUT2D eigenvalue weighted by molar-refractivity contribution is -0.117. The Labute approximate surface area is 192 Å². The Morgan fingerprint density at radius 2 is 2.00 bits per heavy atom. The van der Waals surface area contributed by atoms with E-state index in [1.54, 1.807) is 18.0 Å². The minimum atomic E-state index is -2.70. The summed E-state index contributed by atoms with van der Waals surface area (Å²) < 4.78 is 33.4. The standard InChI is InChI=1S/C24H28ClF2N3O2/c1-16(13-17(2)31)18-3-5-19(6-4-18)32-20-8-11-29(14-20)21-7-10-28-23(22(21)25)30-12-9-24(26,27)15-30/h3-7,10,16,20H,8-9,11-15H2,1-2H3/t16-,20-/m1/s1. The van der Waals surface area contributed by atoms with E-state index >= 15 is 0 Å². The van der Waals surface area contributed by atoms with Gasteiger partial charge in [0.05, 0.1) is 18.8 Å². The lowest BCUT2D eigenvalue weighted by Gasteiger charge is -2.24. The Kier molecular flexibility index (Phi) is 6.56. The van der Waals surface area contributed by atoms with Gasteiger partial charge in [-0.2, -0.15) is 0 Å². The topological polar surface area (TPSA) is 45.7 Å². The number of Topliss-reactive ketones (excluding diaryl/α,β-unsaturated/α-hetero) is 1. The van der Waals surface area contributed by atoms with E-state index in [-0.39, 0.29) is 37.3 Å². The summed E-state index contributed by atoms with van der Waals surface area (Å²) in [5.41, 5.74) is 1.91. The predicted molar refractivity (Wildman–Crippen MR) is 122 cm³/mol. The van der Waals surface area contributed by atoms with Gasteiger partial charge in [-0.1, -0.05) is 30.7 Å². The summed E-state index contributed by atoms with van der Waals surface area (Å²) in [7, 11) is 0. The Morgan fingerprint density at radius 1 is 1.25 bits per heavy atom. The molecule has 2 aliphatic heterocycles. The monoisotopic (exact) mass is 463 g/mol. The fraction of sp³-hybridized carbons (Fsp3) is 0.500. The number of benzene rings is 1. The molecule has 2 aromatic rings. The molecular weight excluding hydrogens is 436 g/mol. The lowest BCUT2D eigenvalue weighted by Crippen LogP contribution is -2.27. The number of carbonyl (C=O) groups is 1. The van der Waals surface area contributed by atoms with Gasteiger partial charge in [0.1, 0.15) is 28.5 Å². The molecule has 2 fully saturated rings. The first-order valence-electron chi connectivity index (χ1n) is 11.0. The van der Waals surface area contributed by atoms with E-state index < -0.39 is 5.92 Å². The number of carbonyl (C=O) groups excluding carboxylic acids is 1. The van der Waals surface area contributed by atoms with Crippen molar-refractivity contribution in [3.05, 3.63) is 47.1 Å². The number of alkyl halides is 2. The largest absolute Gasteiger partial charge is 0.489 e. The van der Waals surface area contributed by atoms with Crippen molar-refractivity contribution in [1.82, 2.24) is 4.98 Å². The number of aromatic nitrogens is 1. The summed E-state index contributed by atoms with van der Waals surface area (Å²) in [4.78, 5) is 19.3. The molecule has 8 heteroatoms. The Bertz CT molecular complexity index is 970. The molecule has 4 rings (SSSR count). The molecule has 2 aliphatic rings. The van der Waals surface area contributed by atoms with Crippen LogP contribution in [0.1, 0.15) is 44.6 Å². The van der Waals surface area contributed by atoms with Gasteiger partial charge in [-0.15, -0.1) is 0 Å². The molecule has 0 aliphatic carbocycles. The summed E-state index contributed by atoms with van der Waals surface area (Å²) in [5.74, 6) is -1.13. The molecule has 1 aromatic carbocycles. The van der Waals surface area contributed by atoms with E-state index in [9.17, 15) is 13.6 Å². The van der Waals surface area contributed by atoms with Gasteiger partial charge < -0.3 is 19.3 Å². The van der Waals surface area contributed by atoms with Gasteiger partial charge in [0.15, 0.2) is 0 Å². The van der Waals surface area contributed by atoms with Gasteiger partial charge in [-0.05, 0) is 36.6 Å². The lowest BCUT2D eigenvalue weighted by atomic mass is 9.96. The van der Waals surface area contributed by atoms with Gasteiger partial charge in [0.25, 0.3) is 5.92 Å².